The summed E-state index contributed by atoms with van der Waals surface area (Å²) in [5.41, 5.74) is 1.61. The van der Waals surface area contributed by atoms with Crippen LogP contribution >= 0.6 is 0 Å². The van der Waals surface area contributed by atoms with Crippen LogP contribution in [0.2, 0.25) is 0 Å². The Morgan fingerprint density at radius 2 is 2.41 bits per heavy atom. The molecule has 1 amide bonds. The normalized spacial score (nSPS) is 9.71. The van der Waals surface area contributed by atoms with Crippen LogP contribution in [0, 0.1) is 11.8 Å². The summed E-state index contributed by atoms with van der Waals surface area (Å²) >= 11 is 0. The van der Waals surface area contributed by atoms with E-state index in [1.54, 1.807) is 12.4 Å². The summed E-state index contributed by atoms with van der Waals surface area (Å²) in [5, 5.41) is 10.3. The highest BCUT2D eigenvalue weighted by atomic mass is 16.1. The van der Waals surface area contributed by atoms with Gasteiger partial charge < -0.3 is 5.32 Å². The zero-order chi connectivity index (χ0) is 12.1. The quantitative estimate of drug-likeness (QED) is 0.591. The summed E-state index contributed by atoms with van der Waals surface area (Å²) in [4.78, 5) is 14.8. The van der Waals surface area contributed by atoms with Gasteiger partial charge in [0.05, 0.1) is 6.20 Å². The number of H-pyrrole nitrogens is 1. The molecule has 2 rings (SSSR count). The van der Waals surface area contributed by atoms with E-state index >= 15 is 0 Å². The molecule has 2 aromatic heterocycles. The standard InChI is InChI=1S/C12H12N4O/c1-9(17)13-5-3-2-4-10-6-11-8-15-16-12(11)14-7-10/h6-8H,3,5H2,1H3,(H,13,17)(H,14,15,16). The third kappa shape index (κ3) is 3.05. The van der Waals surface area contributed by atoms with Gasteiger partial charge in [-0.3, -0.25) is 9.89 Å². The van der Waals surface area contributed by atoms with E-state index in [9.17, 15) is 4.79 Å². The van der Waals surface area contributed by atoms with Crippen molar-refractivity contribution in [2.75, 3.05) is 6.54 Å². The highest BCUT2D eigenvalue weighted by Gasteiger charge is 1.96. The Hall–Kier alpha value is -2.35. The van der Waals surface area contributed by atoms with Crippen molar-refractivity contribution >= 4 is 16.9 Å². The van der Waals surface area contributed by atoms with Gasteiger partial charge in [0, 0.05) is 37.0 Å². The third-order valence-corrected chi connectivity index (χ3v) is 2.15. The molecule has 5 nitrogen and oxygen atoms in total. The van der Waals surface area contributed by atoms with Gasteiger partial charge in [-0.05, 0) is 6.07 Å². The lowest BCUT2D eigenvalue weighted by Crippen LogP contribution is -2.20. The van der Waals surface area contributed by atoms with Gasteiger partial charge in [-0.2, -0.15) is 5.10 Å². The zero-order valence-corrected chi connectivity index (χ0v) is 9.45. The van der Waals surface area contributed by atoms with E-state index in [4.69, 9.17) is 0 Å². The summed E-state index contributed by atoms with van der Waals surface area (Å²) in [6.07, 6.45) is 4.04. The lowest BCUT2D eigenvalue weighted by atomic mass is 10.2. The van der Waals surface area contributed by atoms with Gasteiger partial charge in [0.2, 0.25) is 5.91 Å². The second-order valence-corrected chi connectivity index (χ2v) is 3.57. The average molecular weight is 228 g/mol. The largest absolute Gasteiger partial charge is 0.355 e. The molecule has 2 N–H and O–H groups in total. The third-order valence-electron chi connectivity index (χ3n) is 2.15. The number of amides is 1. The number of carbonyl (C=O) groups is 1. The first-order chi connectivity index (χ1) is 8.25. The summed E-state index contributed by atoms with van der Waals surface area (Å²) in [7, 11) is 0. The van der Waals surface area contributed by atoms with Crippen LogP contribution in [0.1, 0.15) is 18.9 Å². The molecule has 17 heavy (non-hydrogen) atoms. The highest BCUT2D eigenvalue weighted by Crippen LogP contribution is 2.08. The number of hydrogen-bond donors (Lipinski definition) is 2. The van der Waals surface area contributed by atoms with Gasteiger partial charge in [-0.1, -0.05) is 11.8 Å². The first kappa shape index (κ1) is 11.1. The fraction of sp³-hybridized carbons (Fsp3) is 0.250. The second kappa shape index (κ2) is 5.12. The minimum Gasteiger partial charge on any atom is -0.355 e. The second-order valence-electron chi connectivity index (χ2n) is 3.57. The molecule has 5 heteroatoms. The molecule has 0 radical (unpaired) electrons. The molecule has 0 aliphatic heterocycles. The molecule has 0 aromatic carbocycles. The average Bonchev–Trinajstić information content (AvgIpc) is 2.75. The van der Waals surface area contributed by atoms with E-state index in [1.165, 1.54) is 6.92 Å². The number of carbonyl (C=O) groups excluding carboxylic acids is 1. The van der Waals surface area contributed by atoms with Gasteiger partial charge in [-0.25, -0.2) is 4.98 Å². The molecule has 2 aromatic rings. The van der Waals surface area contributed by atoms with Crippen LogP contribution in [0.3, 0.4) is 0 Å². The monoisotopic (exact) mass is 228 g/mol. The highest BCUT2D eigenvalue weighted by molar-refractivity contribution is 5.75. The van der Waals surface area contributed by atoms with Crippen LogP contribution in [-0.2, 0) is 4.79 Å². The van der Waals surface area contributed by atoms with E-state index < -0.39 is 0 Å². The number of nitrogens with zero attached hydrogens (tertiary/aromatic N) is 2. The van der Waals surface area contributed by atoms with Crippen LogP contribution in [-0.4, -0.2) is 27.6 Å². The van der Waals surface area contributed by atoms with Crippen LogP contribution < -0.4 is 5.32 Å². The summed E-state index contributed by atoms with van der Waals surface area (Å²) < 4.78 is 0. The lowest BCUT2D eigenvalue weighted by Gasteiger charge is -1.94. The van der Waals surface area contributed by atoms with Gasteiger partial charge >= 0.3 is 0 Å². The number of pyridine rings is 1. The molecule has 0 bridgehead atoms. The minimum absolute atomic E-state index is 0.0340. The lowest BCUT2D eigenvalue weighted by molar-refractivity contribution is -0.118. The zero-order valence-electron chi connectivity index (χ0n) is 9.45. The fourth-order valence-corrected chi connectivity index (χ4v) is 1.37. The van der Waals surface area contributed by atoms with Gasteiger partial charge in [0.1, 0.15) is 0 Å². The van der Waals surface area contributed by atoms with Crippen molar-refractivity contribution in [3.63, 3.8) is 0 Å². The first-order valence-electron chi connectivity index (χ1n) is 5.28. The SMILES string of the molecule is CC(=O)NCCC#Cc1cnc2[nH]ncc2c1. The molecule has 0 aliphatic carbocycles. The molecule has 0 fully saturated rings. The van der Waals surface area contributed by atoms with Gasteiger partial charge in [0.25, 0.3) is 0 Å². The van der Waals surface area contributed by atoms with Crippen LogP contribution in [0.4, 0.5) is 0 Å². The maximum Gasteiger partial charge on any atom is 0.216 e. The van der Waals surface area contributed by atoms with Crippen LogP contribution in [0.5, 0.6) is 0 Å². The molecule has 86 valence electrons. The Morgan fingerprint density at radius 1 is 1.53 bits per heavy atom. The number of rotatable bonds is 2. The number of nitrogens with one attached hydrogen (secondary N) is 2. The minimum atomic E-state index is -0.0340. The maximum atomic E-state index is 10.6. The molecule has 2 heterocycles. The van der Waals surface area contributed by atoms with Crippen LogP contribution in [0.25, 0.3) is 11.0 Å². The number of aromatic nitrogens is 3. The van der Waals surface area contributed by atoms with Gasteiger partial charge in [0.15, 0.2) is 5.65 Å². The van der Waals surface area contributed by atoms with Crippen molar-refractivity contribution in [2.24, 2.45) is 0 Å². The van der Waals surface area contributed by atoms with Crippen LogP contribution in [0.15, 0.2) is 18.5 Å². The smallest absolute Gasteiger partial charge is 0.216 e. The molecule has 0 atom stereocenters. The predicted octanol–water partition coefficient (Wildman–Crippen LogP) is 0.836. The van der Waals surface area contributed by atoms with E-state index in [0.717, 1.165) is 16.6 Å². The molecule has 0 aliphatic rings. The number of fused-ring (bicyclic) bond motifs is 1. The van der Waals surface area contributed by atoms with E-state index in [-0.39, 0.29) is 5.91 Å². The van der Waals surface area contributed by atoms with Gasteiger partial charge in [-0.15, -0.1) is 0 Å². The van der Waals surface area contributed by atoms with E-state index in [2.05, 4.69) is 32.3 Å². The molecular formula is C12H12N4O. The predicted molar refractivity (Wildman–Crippen MR) is 64.1 cm³/mol. The van der Waals surface area contributed by atoms with Crippen molar-refractivity contribution < 1.29 is 4.79 Å². The molecule has 0 saturated heterocycles. The Bertz CT molecular complexity index is 591. The van der Waals surface area contributed by atoms with Crippen molar-refractivity contribution in [1.29, 1.82) is 0 Å². The summed E-state index contributed by atoms with van der Waals surface area (Å²) in [6, 6.07) is 1.93. The summed E-state index contributed by atoms with van der Waals surface area (Å²) in [5.74, 6) is 5.94. The Morgan fingerprint density at radius 3 is 3.24 bits per heavy atom. The fourth-order valence-electron chi connectivity index (χ4n) is 1.37. The Labute approximate surface area is 98.6 Å². The van der Waals surface area contributed by atoms with Crippen molar-refractivity contribution in [2.45, 2.75) is 13.3 Å². The maximum absolute atomic E-state index is 10.6. The van der Waals surface area contributed by atoms with E-state index in [0.29, 0.717) is 13.0 Å². The molecule has 0 unspecified atom stereocenters. The number of aromatic amines is 1. The van der Waals surface area contributed by atoms with E-state index in [1.807, 2.05) is 6.07 Å². The topological polar surface area (TPSA) is 70.7 Å². The van der Waals surface area contributed by atoms with Crippen molar-refractivity contribution in [3.8, 4) is 11.8 Å². The number of hydrogen-bond acceptors (Lipinski definition) is 3. The molecule has 0 spiro atoms. The Balaban J connectivity index is 1.98. The first-order valence-corrected chi connectivity index (χ1v) is 5.28. The van der Waals surface area contributed by atoms with Crippen molar-refractivity contribution in [1.82, 2.24) is 20.5 Å². The Kier molecular flexibility index (Phi) is 3.36. The molecular weight excluding hydrogens is 216 g/mol. The van der Waals surface area contributed by atoms with Crippen molar-refractivity contribution in [3.05, 3.63) is 24.0 Å². The summed E-state index contributed by atoms with van der Waals surface area (Å²) in [6.45, 7) is 2.06. The molecule has 0 saturated carbocycles.